The first kappa shape index (κ1) is 29.5. The van der Waals surface area contributed by atoms with E-state index in [1.165, 1.54) is 24.3 Å². The zero-order valence-electron chi connectivity index (χ0n) is 25.8. The molecule has 1 spiro atoms. The first-order valence-electron chi connectivity index (χ1n) is 16.0. The number of hydrogen-bond donors (Lipinski definition) is 1. The van der Waals surface area contributed by atoms with E-state index in [2.05, 4.69) is 14.9 Å². The fourth-order valence-electron chi connectivity index (χ4n) is 8.35. The molecule has 2 saturated heterocycles. The van der Waals surface area contributed by atoms with E-state index in [4.69, 9.17) is 14.5 Å². The molecule has 4 aromatic rings. The SMILES string of the molecule is CCc1c(F)ccc2cc(O)cc(-c3nc4c5c(nc(OC[C@@]67CCCN6C[C@H](F)C7)nc5c3F)N(C)C3(CCO4)CC(F)C3)c12. The Morgan fingerprint density at radius 2 is 1.87 bits per heavy atom. The van der Waals surface area contributed by atoms with Crippen LogP contribution < -0.4 is 14.4 Å². The highest BCUT2D eigenvalue weighted by Crippen LogP contribution is 2.49. The van der Waals surface area contributed by atoms with Crippen LogP contribution >= 0.6 is 0 Å². The largest absolute Gasteiger partial charge is 0.508 e. The first-order chi connectivity index (χ1) is 22.1. The van der Waals surface area contributed by atoms with Crippen LogP contribution in [0.4, 0.5) is 23.4 Å². The summed E-state index contributed by atoms with van der Waals surface area (Å²) in [5, 5.41) is 11.8. The summed E-state index contributed by atoms with van der Waals surface area (Å²) in [7, 11) is 1.81. The lowest BCUT2D eigenvalue weighted by molar-refractivity contribution is 0.0725. The van der Waals surface area contributed by atoms with Gasteiger partial charge in [-0.2, -0.15) is 9.97 Å². The third-order valence-electron chi connectivity index (χ3n) is 10.7. The molecule has 46 heavy (non-hydrogen) atoms. The molecule has 0 radical (unpaired) electrons. The Morgan fingerprint density at radius 3 is 2.65 bits per heavy atom. The number of aromatic nitrogens is 3. The third-order valence-corrected chi connectivity index (χ3v) is 10.7. The smallest absolute Gasteiger partial charge is 0.319 e. The first-order valence-corrected chi connectivity index (χ1v) is 16.0. The molecule has 0 bridgehead atoms. The highest BCUT2D eigenvalue weighted by Gasteiger charge is 2.51. The summed E-state index contributed by atoms with van der Waals surface area (Å²) >= 11 is 0. The van der Waals surface area contributed by atoms with Crippen LogP contribution in [0.5, 0.6) is 17.6 Å². The number of anilines is 1. The van der Waals surface area contributed by atoms with Crippen molar-refractivity contribution in [2.24, 2.45) is 0 Å². The molecular formula is C34H35F4N5O3. The van der Waals surface area contributed by atoms with Gasteiger partial charge >= 0.3 is 6.01 Å². The minimum absolute atomic E-state index is 0.0772. The zero-order valence-corrected chi connectivity index (χ0v) is 25.8. The Labute approximate surface area is 263 Å². The van der Waals surface area contributed by atoms with Gasteiger partial charge in [0.1, 0.15) is 52.9 Å². The number of rotatable bonds is 5. The monoisotopic (exact) mass is 637 g/mol. The van der Waals surface area contributed by atoms with E-state index in [1.807, 2.05) is 4.90 Å². The number of hydrogen-bond acceptors (Lipinski definition) is 8. The average molecular weight is 638 g/mol. The van der Waals surface area contributed by atoms with Gasteiger partial charge in [0.15, 0.2) is 5.82 Å². The molecule has 12 heteroatoms. The highest BCUT2D eigenvalue weighted by atomic mass is 19.1. The topological polar surface area (TPSA) is 83.8 Å². The number of phenols is 1. The normalized spacial score (nSPS) is 27.5. The van der Waals surface area contributed by atoms with Crippen LogP contribution in [-0.4, -0.2) is 81.7 Å². The van der Waals surface area contributed by atoms with Gasteiger partial charge in [-0.1, -0.05) is 13.0 Å². The van der Waals surface area contributed by atoms with Crippen LogP contribution in [0.1, 0.15) is 51.0 Å². The summed E-state index contributed by atoms with van der Waals surface area (Å²) in [4.78, 5) is 17.9. The third kappa shape index (κ3) is 4.39. The second-order valence-electron chi connectivity index (χ2n) is 13.4. The van der Waals surface area contributed by atoms with Crippen molar-refractivity contribution < 1.29 is 32.1 Å². The fraction of sp³-hybridized carbons (Fsp3) is 0.500. The number of fused-ring (bicyclic) bond motifs is 2. The summed E-state index contributed by atoms with van der Waals surface area (Å²) in [6, 6.07) is 5.64. The highest BCUT2D eigenvalue weighted by molar-refractivity contribution is 6.03. The van der Waals surface area contributed by atoms with Crippen LogP contribution in [-0.2, 0) is 6.42 Å². The molecule has 8 rings (SSSR count). The second kappa shape index (κ2) is 10.5. The van der Waals surface area contributed by atoms with E-state index in [0.717, 1.165) is 19.4 Å². The Hall–Kier alpha value is -3.93. The molecule has 3 fully saturated rings. The summed E-state index contributed by atoms with van der Waals surface area (Å²) in [6.07, 6.45) is 1.48. The van der Waals surface area contributed by atoms with E-state index >= 15 is 8.78 Å². The molecule has 5 heterocycles. The molecule has 8 nitrogen and oxygen atoms in total. The van der Waals surface area contributed by atoms with E-state index < -0.39 is 35.1 Å². The molecule has 1 N–H and O–H groups in total. The van der Waals surface area contributed by atoms with Gasteiger partial charge in [-0.3, -0.25) is 4.90 Å². The fourth-order valence-corrected chi connectivity index (χ4v) is 8.35. The van der Waals surface area contributed by atoms with E-state index in [1.54, 1.807) is 14.0 Å². The molecule has 4 aliphatic rings. The van der Waals surface area contributed by atoms with Crippen LogP contribution in [0, 0.1) is 11.6 Å². The average Bonchev–Trinajstić information content (AvgIpc) is 3.54. The predicted molar refractivity (Wildman–Crippen MR) is 165 cm³/mol. The van der Waals surface area contributed by atoms with Crippen molar-refractivity contribution in [3.63, 3.8) is 0 Å². The van der Waals surface area contributed by atoms with Crippen LogP contribution in [0.25, 0.3) is 32.9 Å². The lowest BCUT2D eigenvalue weighted by atomic mass is 9.71. The summed E-state index contributed by atoms with van der Waals surface area (Å²) in [5.74, 6) is -1.02. The van der Waals surface area contributed by atoms with Gasteiger partial charge in [0.25, 0.3) is 0 Å². The maximum Gasteiger partial charge on any atom is 0.319 e. The lowest BCUT2D eigenvalue weighted by Crippen LogP contribution is -2.58. The minimum atomic E-state index is -0.970. The van der Waals surface area contributed by atoms with Gasteiger partial charge in [-0.25, -0.2) is 22.5 Å². The summed E-state index contributed by atoms with van der Waals surface area (Å²) < 4.78 is 73.3. The Balaban J connectivity index is 1.33. The van der Waals surface area contributed by atoms with Crippen molar-refractivity contribution in [1.29, 1.82) is 0 Å². The molecule has 242 valence electrons. The zero-order chi connectivity index (χ0) is 32.0. The Bertz CT molecular complexity index is 1890. The van der Waals surface area contributed by atoms with E-state index in [9.17, 15) is 13.9 Å². The van der Waals surface area contributed by atoms with Gasteiger partial charge in [0.2, 0.25) is 5.88 Å². The Morgan fingerprint density at radius 1 is 1.04 bits per heavy atom. The summed E-state index contributed by atoms with van der Waals surface area (Å²) in [6.45, 7) is 3.27. The van der Waals surface area contributed by atoms with Crippen molar-refractivity contribution in [1.82, 2.24) is 19.9 Å². The molecule has 2 atom stereocenters. The van der Waals surface area contributed by atoms with E-state index in [-0.39, 0.29) is 65.9 Å². The second-order valence-corrected chi connectivity index (χ2v) is 13.4. The van der Waals surface area contributed by atoms with Gasteiger partial charge in [0, 0.05) is 44.8 Å². The number of aryl methyl sites for hydroxylation is 1. The minimum Gasteiger partial charge on any atom is -0.508 e. The van der Waals surface area contributed by atoms with Crippen LogP contribution in [0.3, 0.4) is 0 Å². The number of phenolic OH excluding ortho intramolecular Hbond substituents is 1. The molecular weight excluding hydrogens is 602 g/mol. The number of benzene rings is 2. The molecule has 2 aromatic carbocycles. The van der Waals surface area contributed by atoms with Gasteiger partial charge in [-0.05, 0) is 60.3 Å². The van der Waals surface area contributed by atoms with Gasteiger partial charge in [-0.15, -0.1) is 0 Å². The summed E-state index contributed by atoms with van der Waals surface area (Å²) in [5.41, 5.74) is -0.806. The lowest BCUT2D eigenvalue weighted by Gasteiger charge is -2.51. The number of aromatic hydroxyl groups is 1. The number of halogens is 4. The van der Waals surface area contributed by atoms with Crippen molar-refractivity contribution in [2.75, 3.05) is 38.3 Å². The maximum atomic E-state index is 17.0. The quantitative estimate of drug-likeness (QED) is 0.251. The maximum absolute atomic E-state index is 17.0. The predicted octanol–water partition coefficient (Wildman–Crippen LogP) is 6.44. The van der Waals surface area contributed by atoms with E-state index in [0.29, 0.717) is 48.0 Å². The standard InChI is InChI=1S/C34H35F4N5O3/c1-3-22-24(37)6-5-18-11-21(44)12-23(25(18)22)28-27(38)29-26-30(42(2)33(13-19(35)14-33)8-10-45-31(26)39-28)41-32(40-29)46-17-34-7-4-9-43(34)16-20(36)15-34/h5-6,11-12,19-20,44H,3-4,7-10,13-17H2,1-2H3/t19?,20-,33?,34+/m1/s1. The number of ether oxygens (including phenoxy) is 2. The van der Waals surface area contributed by atoms with Crippen molar-refractivity contribution in [3.8, 4) is 28.9 Å². The Kier molecular flexibility index (Phi) is 6.76. The molecule has 1 aliphatic carbocycles. The van der Waals surface area contributed by atoms with Crippen molar-refractivity contribution in [2.45, 2.75) is 75.3 Å². The van der Waals surface area contributed by atoms with Gasteiger partial charge in [0.05, 0.1) is 17.7 Å². The molecule has 1 saturated carbocycles. The van der Waals surface area contributed by atoms with Crippen molar-refractivity contribution >= 4 is 27.5 Å². The molecule has 2 aromatic heterocycles. The molecule has 0 unspecified atom stereocenters. The number of alkyl halides is 2. The molecule has 0 amide bonds. The number of nitrogens with zero attached hydrogens (tertiary/aromatic N) is 5. The van der Waals surface area contributed by atoms with Crippen molar-refractivity contribution in [3.05, 3.63) is 41.5 Å². The van der Waals surface area contributed by atoms with Crippen LogP contribution in [0.15, 0.2) is 24.3 Å². The van der Waals surface area contributed by atoms with Crippen LogP contribution in [0.2, 0.25) is 0 Å². The van der Waals surface area contributed by atoms with Gasteiger partial charge < -0.3 is 19.5 Å². The number of pyridine rings is 1. The molecule has 3 aliphatic heterocycles.